The molecule has 0 bridgehead atoms. The van der Waals surface area contributed by atoms with E-state index in [4.69, 9.17) is 16.3 Å². The molecule has 29 heavy (non-hydrogen) atoms. The maximum atomic E-state index is 12.6. The van der Waals surface area contributed by atoms with E-state index in [1.54, 1.807) is 13.8 Å². The number of carbonyl (C=O) groups is 4. The number of rotatable bonds is 6. The highest BCUT2D eigenvalue weighted by Crippen LogP contribution is 2.40. The molecule has 1 saturated heterocycles. The van der Waals surface area contributed by atoms with Crippen molar-refractivity contribution in [2.75, 3.05) is 12.4 Å². The predicted molar refractivity (Wildman–Crippen MR) is 103 cm³/mol. The van der Waals surface area contributed by atoms with Crippen LogP contribution in [-0.2, 0) is 23.9 Å². The number of β-lactam (4-membered cyclic amide) rings is 1. The number of carbonyl (C=O) groups excluding carboxylic acids is 3. The van der Waals surface area contributed by atoms with Gasteiger partial charge in [0, 0.05) is 18.2 Å². The van der Waals surface area contributed by atoms with Crippen molar-refractivity contribution in [1.29, 1.82) is 0 Å². The van der Waals surface area contributed by atoms with Crippen molar-refractivity contribution in [3.8, 4) is 0 Å². The average Bonchev–Trinajstić information content (AvgIpc) is 3.01. The van der Waals surface area contributed by atoms with Crippen molar-refractivity contribution in [3.63, 3.8) is 0 Å². The third kappa shape index (κ3) is 3.84. The van der Waals surface area contributed by atoms with Crippen molar-refractivity contribution in [1.82, 2.24) is 20.0 Å². The zero-order valence-corrected chi connectivity index (χ0v) is 17.4. The summed E-state index contributed by atoms with van der Waals surface area (Å²) in [4.78, 5) is 49.1. The Morgan fingerprint density at radius 1 is 1.48 bits per heavy atom. The molecule has 2 amide bonds. The van der Waals surface area contributed by atoms with E-state index in [0.29, 0.717) is 16.3 Å². The minimum atomic E-state index is -1.29. The van der Waals surface area contributed by atoms with E-state index in [1.165, 1.54) is 29.6 Å². The van der Waals surface area contributed by atoms with Crippen LogP contribution in [0.25, 0.3) is 0 Å². The van der Waals surface area contributed by atoms with Gasteiger partial charge in [0.1, 0.15) is 29.8 Å². The Labute approximate surface area is 175 Å². The Hall–Kier alpha value is -2.53. The average molecular weight is 443 g/mol. The number of fused-ring (bicyclic) bond motifs is 1. The second-order valence-corrected chi connectivity index (χ2v) is 8.14. The SMILES string of the molecule is CC(=O)OCC1=C(C(=O)O)N2C(=O)[C@H](NC(=O)[C@@H](C)n3ncc(Cl)c3C)[C@@H]2SC1. The first-order valence-corrected chi connectivity index (χ1v) is 10.1. The molecule has 2 aliphatic rings. The third-order valence-corrected chi connectivity index (χ3v) is 6.44. The molecular weight excluding hydrogens is 424 g/mol. The summed E-state index contributed by atoms with van der Waals surface area (Å²) in [6, 6.07) is -1.56. The van der Waals surface area contributed by atoms with Crippen molar-refractivity contribution in [2.45, 2.75) is 38.2 Å². The topological polar surface area (TPSA) is 131 Å². The summed E-state index contributed by atoms with van der Waals surface area (Å²) >= 11 is 7.27. The number of thioether (sulfide) groups is 1. The van der Waals surface area contributed by atoms with Crippen LogP contribution in [0.5, 0.6) is 0 Å². The minimum Gasteiger partial charge on any atom is -0.477 e. The quantitative estimate of drug-likeness (QED) is 0.486. The second-order valence-electron chi connectivity index (χ2n) is 6.63. The fourth-order valence-electron chi connectivity index (χ4n) is 3.16. The molecule has 0 aliphatic carbocycles. The van der Waals surface area contributed by atoms with Crippen LogP contribution < -0.4 is 5.32 Å². The summed E-state index contributed by atoms with van der Waals surface area (Å²) in [6.45, 7) is 4.37. The van der Waals surface area contributed by atoms with E-state index < -0.39 is 41.2 Å². The van der Waals surface area contributed by atoms with Crippen molar-refractivity contribution < 1.29 is 29.0 Å². The van der Waals surface area contributed by atoms with Gasteiger partial charge >= 0.3 is 11.9 Å². The summed E-state index contributed by atoms with van der Waals surface area (Å²) in [6.07, 6.45) is 1.43. The molecule has 1 fully saturated rings. The van der Waals surface area contributed by atoms with E-state index in [9.17, 15) is 24.3 Å². The molecule has 3 heterocycles. The number of aromatic nitrogens is 2. The molecule has 0 unspecified atom stereocenters. The number of halogens is 1. The number of nitrogens with zero attached hydrogens (tertiary/aromatic N) is 3. The molecule has 1 aromatic rings. The van der Waals surface area contributed by atoms with Crippen LogP contribution in [0.2, 0.25) is 5.02 Å². The summed E-state index contributed by atoms with van der Waals surface area (Å²) in [7, 11) is 0. The van der Waals surface area contributed by atoms with Gasteiger partial charge in [-0.1, -0.05) is 11.6 Å². The number of carboxylic acid groups (broad SMARTS) is 1. The lowest BCUT2D eigenvalue weighted by atomic mass is 10.0. The second kappa shape index (κ2) is 8.07. The van der Waals surface area contributed by atoms with Crippen LogP contribution in [0.1, 0.15) is 25.6 Å². The standard InChI is InChI=1S/C17H19ClN4O6S/c1-7-11(18)4-19-22(7)8(2)14(24)20-12-15(25)21-13(17(26)27)10(5-28-9(3)23)6-29-16(12)21/h4,8,12,16H,5-6H2,1-3H3,(H,20,24)(H,26,27)/t8-,12+,16+/m1/s1. The van der Waals surface area contributed by atoms with E-state index in [2.05, 4.69) is 10.4 Å². The van der Waals surface area contributed by atoms with E-state index >= 15 is 0 Å². The Morgan fingerprint density at radius 3 is 2.72 bits per heavy atom. The maximum Gasteiger partial charge on any atom is 0.352 e. The summed E-state index contributed by atoms with van der Waals surface area (Å²) in [5, 5.41) is 16.1. The normalized spacial score (nSPS) is 21.9. The molecule has 156 valence electrons. The largest absolute Gasteiger partial charge is 0.477 e. The van der Waals surface area contributed by atoms with E-state index in [-0.39, 0.29) is 18.1 Å². The smallest absolute Gasteiger partial charge is 0.352 e. The first-order chi connectivity index (χ1) is 13.6. The van der Waals surface area contributed by atoms with Crippen LogP contribution in [0.15, 0.2) is 17.5 Å². The monoisotopic (exact) mass is 442 g/mol. The first kappa shape index (κ1) is 21.2. The van der Waals surface area contributed by atoms with Gasteiger partial charge in [-0.05, 0) is 13.8 Å². The zero-order valence-electron chi connectivity index (χ0n) is 15.8. The van der Waals surface area contributed by atoms with Gasteiger partial charge in [0.25, 0.3) is 5.91 Å². The molecule has 12 heteroatoms. The molecule has 2 aliphatic heterocycles. The van der Waals surface area contributed by atoms with Gasteiger partial charge < -0.3 is 15.2 Å². The Balaban J connectivity index is 1.73. The van der Waals surface area contributed by atoms with Gasteiger partial charge in [0.15, 0.2) is 0 Å². The minimum absolute atomic E-state index is 0.201. The number of hydrogen-bond acceptors (Lipinski definition) is 7. The number of hydrogen-bond donors (Lipinski definition) is 2. The molecule has 3 rings (SSSR count). The Kier molecular flexibility index (Phi) is 5.90. The van der Waals surface area contributed by atoms with Crippen LogP contribution in [0.3, 0.4) is 0 Å². The highest BCUT2D eigenvalue weighted by molar-refractivity contribution is 8.00. The predicted octanol–water partition coefficient (Wildman–Crippen LogP) is 0.708. The molecule has 0 aromatic carbocycles. The van der Waals surface area contributed by atoms with Crippen LogP contribution in [0, 0.1) is 6.92 Å². The lowest BCUT2D eigenvalue weighted by Gasteiger charge is -2.49. The fraction of sp³-hybridized carbons (Fsp3) is 0.471. The highest BCUT2D eigenvalue weighted by atomic mass is 35.5. The molecule has 1 aromatic heterocycles. The van der Waals surface area contributed by atoms with Gasteiger partial charge in [0.2, 0.25) is 5.91 Å². The lowest BCUT2D eigenvalue weighted by Crippen LogP contribution is -2.71. The zero-order chi connectivity index (χ0) is 21.5. The third-order valence-electron chi connectivity index (χ3n) is 4.73. The number of amides is 2. The summed E-state index contributed by atoms with van der Waals surface area (Å²) in [5.74, 6) is -2.53. The van der Waals surface area contributed by atoms with Crippen molar-refractivity contribution in [3.05, 3.63) is 28.2 Å². The number of ether oxygens (including phenoxy) is 1. The lowest BCUT2D eigenvalue weighted by molar-refractivity contribution is -0.151. The van der Waals surface area contributed by atoms with E-state index in [0.717, 1.165) is 4.90 Å². The van der Waals surface area contributed by atoms with Gasteiger partial charge in [0.05, 0.1) is 16.9 Å². The fourth-order valence-corrected chi connectivity index (χ4v) is 4.62. The van der Waals surface area contributed by atoms with Crippen LogP contribution >= 0.6 is 23.4 Å². The number of aliphatic carboxylic acids is 1. The van der Waals surface area contributed by atoms with Gasteiger partial charge in [-0.25, -0.2) is 4.79 Å². The van der Waals surface area contributed by atoms with Crippen molar-refractivity contribution in [2.24, 2.45) is 0 Å². The highest BCUT2D eigenvalue weighted by Gasteiger charge is 2.54. The Morgan fingerprint density at radius 2 is 2.17 bits per heavy atom. The first-order valence-electron chi connectivity index (χ1n) is 8.66. The Bertz CT molecular complexity index is 929. The molecular formula is C17H19ClN4O6S. The molecule has 0 radical (unpaired) electrons. The molecule has 10 nitrogen and oxygen atoms in total. The van der Waals surface area contributed by atoms with Crippen molar-refractivity contribution >= 4 is 47.1 Å². The molecule has 0 saturated carbocycles. The summed E-state index contributed by atoms with van der Waals surface area (Å²) in [5.41, 5.74) is 0.754. The van der Waals surface area contributed by atoms with Gasteiger partial charge in [-0.3, -0.25) is 24.0 Å². The molecule has 0 spiro atoms. The van der Waals surface area contributed by atoms with Crippen LogP contribution in [0.4, 0.5) is 0 Å². The molecule has 2 N–H and O–H groups in total. The number of nitrogens with one attached hydrogen (secondary N) is 1. The summed E-state index contributed by atoms with van der Waals surface area (Å²) < 4.78 is 6.34. The van der Waals surface area contributed by atoms with Gasteiger partial charge in [-0.2, -0.15) is 5.10 Å². The van der Waals surface area contributed by atoms with Gasteiger partial charge in [-0.15, -0.1) is 11.8 Å². The van der Waals surface area contributed by atoms with E-state index in [1.807, 2.05) is 0 Å². The van der Waals surface area contributed by atoms with Crippen LogP contribution in [-0.4, -0.2) is 67.3 Å². The number of esters is 1. The number of carboxylic acids is 1. The maximum absolute atomic E-state index is 12.6. The molecule has 3 atom stereocenters.